The summed E-state index contributed by atoms with van der Waals surface area (Å²) in [5.41, 5.74) is 1.14. The first kappa shape index (κ1) is 23.0. The van der Waals surface area contributed by atoms with Crippen LogP contribution in [0.5, 0.6) is 5.75 Å². The zero-order valence-electron chi connectivity index (χ0n) is 19.8. The van der Waals surface area contributed by atoms with Gasteiger partial charge < -0.3 is 19.9 Å². The van der Waals surface area contributed by atoms with Crippen molar-refractivity contribution in [2.75, 3.05) is 45.2 Å². The highest BCUT2D eigenvalue weighted by Crippen LogP contribution is 2.34. The number of ether oxygens (including phenoxy) is 1. The smallest absolute Gasteiger partial charge is 0.257 e. The second kappa shape index (κ2) is 9.77. The molecule has 1 atom stereocenters. The van der Waals surface area contributed by atoms with Crippen LogP contribution in [0, 0.1) is 6.92 Å². The van der Waals surface area contributed by atoms with Crippen LogP contribution in [0.4, 0.5) is 5.82 Å². The number of piperidine rings is 1. The Labute approximate surface area is 195 Å². The van der Waals surface area contributed by atoms with Gasteiger partial charge in [-0.1, -0.05) is 19.1 Å². The van der Waals surface area contributed by atoms with E-state index in [1.165, 1.54) is 0 Å². The number of likely N-dealkylation sites (tertiary alicyclic amines) is 2. The minimum Gasteiger partial charge on any atom is -0.491 e. The standard InChI is InChI=1S/C25H33N5O3/c1-18-16-21(26-3)28-24(27-18)25(2)11-7-13-30(17-25)23(32)19-8-4-5-9-20(19)33-15-14-29-12-6-10-22(29)31/h4-5,8-9,16H,6-7,10-15,17H2,1-3H3,(H,26,27,28). The SMILES string of the molecule is CNc1cc(C)nc(C2(C)CCCN(C(=O)c3ccccc3OCCN3CCCC3=O)C2)n1. The van der Waals surface area contributed by atoms with Crippen LogP contribution in [0.15, 0.2) is 30.3 Å². The third-order valence-electron chi connectivity index (χ3n) is 6.54. The number of hydrogen-bond acceptors (Lipinski definition) is 6. The van der Waals surface area contributed by atoms with Crippen LogP contribution in [0.25, 0.3) is 0 Å². The van der Waals surface area contributed by atoms with Crippen molar-refractivity contribution >= 4 is 17.6 Å². The lowest BCUT2D eigenvalue weighted by atomic mass is 9.80. The molecule has 1 aromatic carbocycles. The van der Waals surface area contributed by atoms with E-state index in [4.69, 9.17) is 14.7 Å². The third-order valence-corrected chi connectivity index (χ3v) is 6.54. The maximum absolute atomic E-state index is 13.5. The van der Waals surface area contributed by atoms with Gasteiger partial charge in [0.2, 0.25) is 5.91 Å². The molecule has 3 heterocycles. The van der Waals surface area contributed by atoms with Gasteiger partial charge in [-0.15, -0.1) is 0 Å². The van der Waals surface area contributed by atoms with E-state index in [1.807, 2.05) is 54.1 Å². The number of nitrogens with zero attached hydrogens (tertiary/aromatic N) is 4. The molecule has 2 aromatic rings. The lowest BCUT2D eigenvalue weighted by molar-refractivity contribution is -0.128. The topological polar surface area (TPSA) is 87.7 Å². The second-order valence-electron chi connectivity index (χ2n) is 9.19. The van der Waals surface area contributed by atoms with Crippen molar-refractivity contribution < 1.29 is 14.3 Å². The van der Waals surface area contributed by atoms with Gasteiger partial charge in [-0.05, 0) is 38.3 Å². The molecule has 33 heavy (non-hydrogen) atoms. The molecule has 2 aliphatic rings. The number of amides is 2. The Morgan fingerprint density at radius 2 is 2.03 bits per heavy atom. The van der Waals surface area contributed by atoms with Crippen LogP contribution in [-0.4, -0.2) is 71.4 Å². The Kier molecular flexibility index (Phi) is 6.81. The molecule has 0 aliphatic carbocycles. The van der Waals surface area contributed by atoms with E-state index in [0.717, 1.165) is 43.1 Å². The Morgan fingerprint density at radius 1 is 1.21 bits per heavy atom. The van der Waals surface area contributed by atoms with Crippen molar-refractivity contribution in [3.05, 3.63) is 47.4 Å². The average molecular weight is 452 g/mol. The zero-order chi connectivity index (χ0) is 23.4. The summed E-state index contributed by atoms with van der Waals surface area (Å²) in [7, 11) is 1.85. The number of benzene rings is 1. The van der Waals surface area contributed by atoms with Crippen LogP contribution in [-0.2, 0) is 10.2 Å². The summed E-state index contributed by atoms with van der Waals surface area (Å²) >= 11 is 0. The van der Waals surface area contributed by atoms with Crippen LogP contribution in [0.1, 0.15) is 54.5 Å². The Hall–Kier alpha value is -3.16. The molecule has 176 valence electrons. The van der Waals surface area contributed by atoms with Gasteiger partial charge in [0.1, 0.15) is 24.0 Å². The molecule has 1 N–H and O–H groups in total. The van der Waals surface area contributed by atoms with Crippen molar-refractivity contribution in [1.82, 2.24) is 19.8 Å². The quantitative estimate of drug-likeness (QED) is 0.696. The second-order valence-corrected chi connectivity index (χ2v) is 9.19. The van der Waals surface area contributed by atoms with Crippen molar-refractivity contribution in [2.24, 2.45) is 0 Å². The van der Waals surface area contributed by atoms with Gasteiger partial charge in [-0.3, -0.25) is 9.59 Å². The first-order chi connectivity index (χ1) is 15.9. The van der Waals surface area contributed by atoms with Crippen molar-refractivity contribution in [3.63, 3.8) is 0 Å². The molecule has 0 bridgehead atoms. The van der Waals surface area contributed by atoms with E-state index >= 15 is 0 Å². The molecule has 8 nitrogen and oxygen atoms in total. The van der Waals surface area contributed by atoms with Gasteiger partial charge in [0, 0.05) is 50.3 Å². The molecular formula is C25H33N5O3. The highest BCUT2D eigenvalue weighted by atomic mass is 16.5. The summed E-state index contributed by atoms with van der Waals surface area (Å²) in [6.45, 7) is 7.04. The maximum atomic E-state index is 13.5. The number of aromatic nitrogens is 2. The first-order valence-electron chi connectivity index (χ1n) is 11.7. The fraction of sp³-hybridized carbons (Fsp3) is 0.520. The molecule has 2 saturated heterocycles. The molecule has 0 spiro atoms. The predicted octanol–water partition coefficient (Wildman–Crippen LogP) is 3.02. The van der Waals surface area contributed by atoms with E-state index in [0.29, 0.717) is 44.0 Å². The average Bonchev–Trinajstić information content (AvgIpc) is 3.23. The lowest BCUT2D eigenvalue weighted by Gasteiger charge is -2.39. The molecule has 0 radical (unpaired) electrons. The summed E-state index contributed by atoms with van der Waals surface area (Å²) < 4.78 is 5.97. The highest BCUT2D eigenvalue weighted by Gasteiger charge is 2.38. The number of hydrogen-bond donors (Lipinski definition) is 1. The number of carbonyl (C=O) groups is 2. The summed E-state index contributed by atoms with van der Waals surface area (Å²) in [6, 6.07) is 9.28. The minimum absolute atomic E-state index is 0.0460. The monoisotopic (exact) mass is 451 g/mol. The summed E-state index contributed by atoms with van der Waals surface area (Å²) in [5.74, 6) is 2.25. The number of rotatable bonds is 7. The first-order valence-corrected chi connectivity index (χ1v) is 11.7. The fourth-order valence-corrected chi connectivity index (χ4v) is 4.71. The van der Waals surface area contributed by atoms with E-state index in [1.54, 1.807) is 0 Å². The molecule has 1 unspecified atom stereocenters. The number of nitrogens with one attached hydrogen (secondary N) is 1. The molecule has 8 heteroatoms. The van der Waals surface area contributed by atoms with Crippen molar-refractivity contribution in [2.45, 2.75) is 44.9 Å². The van der Waals surface area contributed by atoms with Gasteiger partial charge in [0.25, 0.3) is 5.91 Å². The third kappa shape index (κ3) is 5.10. The number of carbonyl (C=O) groups excluding carboxylic acids is 2. The van der Waals surface area contributed by atoms with E-state index in [-0.39, 0.29) is 17.2 Å². The fourth-order valence-electron chi connectivity index (χ4n) is 4.71. The van der Waals surface area contributed by atoms with Crippen LogP contribution in [0.3, 0.4) is 0 Å². The Balaban J connectivity index is 1.48. The molecule has 2 fully saturated rings. The van der Waals surface area contributed by atoms with E-state index in [2.05, 4.69) is 12.2 Å². The maximum Gasteiger partial charge on any atom is 0.257 e. The molecule has 2 amide bonds. The predicted molar refractivity (Wildman–Crippen MR) is 127 cm³/mol. The van der Waals surface area contributed by atoms with Crippen molar-refractivity contribution in [1.29, 1.82) is 0 Å². The highest BCUT2D eigenvalue weighted by molar-refractivity contribution is 5.97. The molecule has 2 aliphatic heterocycles. The van der Waals surface area contributed by atoms with E-state index in [9.17, 15) is 9.59 Å². The van der Waals surface area contributed by atoms with Crippen LogP contribution in [0.2, 0.25) is 0 Å². The van der Waals surface area contributed by atoms with Gasteiger partial charge in [0.15, 0.2) is 0 Å². The van der Waals surface area contributed by atoms with Gasteiger partial charge in [0.05, 0.1) is 12.1 Å². The largest absolute Gasteiger partial charge is 0.491 e. The van der Waals surface area contributed by atoms with Crippen LogP contribution >= 0.6 is 0 Å². The number of para-hydroxylation sites is 1. The Morgan fingerprint density at radius 3 is 2.79 bits per heavy atom. The number of aryl methyl sites for hydroxylation is 1. The van der Waals surface area contributed by atoms with Crippen LogP contribution < -0.4 is 10.1 Å². The van der Waals surface area contributed by atoms with Gasteiger partial charge in [-0.2, -0.15) is 0 Å². The van der Waals surface area contributed by atoms with E-state index < -0.39 is 0 Å². The van der Waals surface area contributed by atoms with Gasteiger partial charge in [-0.25, -0.2) is 9.97 Å². The van der Waals surface area contributed by atoms with Gasteiger partial charge >= 0.3 is 0 Å². The summed E-state index contributed by atoms with van der Waals surface area (Å²) in [6.07, 6.45) is 3.32. The van der Waals surface area contributed by atoms with Crippen molar-refractivity contribution in [3.8, 4) is 5.75 Å². The summed E-state index contributed by atoms with van der Waals surface area (Å²) in [5, 5.41) is 3.10. The summed E-state index contributed by atoms with van der Waals surface area (Å²) in [4.78, 5) is 38.5. The zero-order valence-corrected chi connectivity index (χ0v) is 19.8. The molecular weight excluding hydrogens is 418 g/mol. The molecule has 1 aromatic heterocycles. The molecule has 4 rings (SSSR count). The number of anilines is 1. The lowest BCUT2D eigenvalue weighted by Crippen LogP contribution is -2.48. The Bertz CT molecular complexity index is 1030. The molecule has 0 saturated carbocycles. The normalized spacial score (nSPS) is 20.8. The minimum atomic E-state index is -0.322.